The van der Waals surface area contributed by atoms with Gasteiger partial charge in [-0.25, -0.2) is 0 Å². The van der Waals surface area contributed by atoms with E-state index in [1.54, 1.807) is 0 Å². The predicted octanol–water partition coefficient (Wildman–Crippen LogP) is 4.49. The molecule has 0 saturated carbocycles. The van der Waals surface area contributed by atoms with Crippen LogP contribution in [0.2, 0.25) is 0 Å². The molecule has 0 aliphatic carbocycles. The molecule has 0 unspecified atom stereocenters. The molecule has 0 saturated heterocycles. The Balaban J connectivity index is 2.93. The summed E-state index contributed by atoms with van der Waals surface area (Å²) >= 11 is 3.74. The topological polar surface area (TPSA) is 18.5 Å². The first-order valence-corrected chi connectivity index (χ1v) is 8.05. The Labute approximate surface area is 113 Å². The maximum absolute atomic E-state index is 5.68. The maximum atomic E-state index is 5.68. The first-order chi connectivity index (χ1) is 8.26. The Morgan fingerprint density at radius 3 is 2.29 bits per heavy atom. The van der Waals surface area contributed by atoms with Crippen molar-refractivity contribution in [3.63, 3.8) is 0 Å². The lowest BCUT2D eigenvalue weighted by Crippen LogP contribution is -2.08. The van der Waals surface area contributed by atoms with Gasteiger partial charge in [0, 0.05) is 23.7 Å². The summed E-state index contributed by atoms with van der Waals surface area (Å²) in [7, 11) is 0. The summed E-state index contributed by atoms with van der Waals surface area (Å²) in [5.41, 5.74) is 1.21. The van der Waals surface area contributed by atoms with Crippen molar-refractivity contribution >= 4 is 23.1 Å². The van der Waals surface area contributed by atoms with E-state index in [4.69, 9.17) is 9.47 Å². The molecule has 0 atom stereocenters. The molecule has 0 aromatic carbocycles. The van der Waals surface area contributed by atoms with Crippen LogP contribution in [-0.4, -0.2) is 19.0 Å². The summed E-state index contributed by atoms with van der Waals surface area (Å²) in [5.74, 6) is 1.08. The van der Waals surface area contributed by atoms with Crippen molar-refractivity contribution in [3.8, 4) is 0 Å². The molecule has 0 radical (unpaired) electrons. The van der Waals surface area contributed by atoms with Crippen LogP contribution in [0, 0.1) is 0 Å². The van der Waals surface area contributed by atoms with Crippen LogP contribution in [0.4, 0.5) is 0 Å². The number of thioether (sulfide) groups is 1. The normalized spacial score (nSPS) is 11.4. The molecule has 1 rings (SSSR count). The third-order valence-corrected chi connectivity index (χ3v) is 4.77. The van der Waals surface area contributed by atoms with Crippen molar-refractivity contribution < 1.29 is 9.47 Å². The summed E-state index contributed by atoms with van der Waals surface area (Å²) < 4.78 is 12.7. The van der Waals surface area contributed by atoms with Gasteiger partial charge >= 0.3 is 0 Å². The molecule has 0 aliphatic rings. The molecule has 0 fully saturated rings. The van der Waals surface area contributed by atoms with E-state index >= 15 is 0 Å². The highest BCUT2D eigenvalue weighted by atomic mass is 32.2. The van der Waals surface area contributed by atoms with E-state index in [1.807, 2.05) is 36.9 Å². The molecular formula is C13H22O2S2. The van der Waals surface area contributed by atoms with Gasteiger partial charge in [-0.15, -0.1) is 23.1 Å². The Morgan fingerprint density at radius 2 is 1.82 bits per heavy atom. The van der Waals surface area contributed by atoms with Gasteiger partial charge < -0.3 is 9.47 Å². The Hall–Kier alpha value is -0.0300. The van der Waals surface area contributed by atoms with Crippen molar-refractivity contribution in [3.05, 3.63) is 16.5 Å². The average Bonchev–Trinajstić information content (AvgIpc) is 2.72. The lowest BCUT2D eigenvalue weighted by molar-refractivity contribution is -0.141. The van der Waals surface area contributed by atoms with Crippen molar-refractivity contribution in [1.82, 2.24) is 0 Å². The summed E-state index contributed by atoms with van der Waals surface area (Å²) in [6, 6.07) is 2.23. The fourth-order valence-corrected chi connectivity index (χ4v) is 3.89. The SMILES string of the molecule is CCOC(OCC)c1cc(CC)sc1SCC. The third kappa shape index (κ3) is 4.28. The summed E-state index contributed by atoms with van der Waals surface area (Å²) in [6.45, 7) is 9.73. The molecule has 1 aromatic rings. The lowest BCUT2D eigenvalue weighted by Gasteiger charge is -2.17. The Morgan fingerprint density at radius 1 is 1.18 bits per heavy atom. The quantitative estimate of drug-likeness (QED) is 0.514. The smallest absolute Gasteiger partial charge is 0.185 e. The Kier molecular flexibility index (Phi) is 7.19. The highest BCUT2D eigenvalue weighted by Gasteiger charge is 2.19. The van der Waals surface area contributed by atoms with Crippen LogP contribution in [-0.2, 0) is 15.9 Å². The van der Waals surface area contributed by atoms with Crippen LogP contribution < -0.4 is 0 Å². The molecule has 0 spiro atoms. The molecule has 98 valence electrons. The zero-order valence-corrected chi connectivity index (χ0v) is 12.7. The number of rotatable bonds is 8. The minimum atomic E-state index is -0.199. The van der Waals surface area contributed by atoms with E-state index in [1.165, 1.54) is 14.6 Å². The van der Waals surface area contributed by atoms with E-state index < -0.39 is 0 Å². The van der Waals surface area contributed by atoms with E-state index in [-0.39, 0.29) is 6.29 Å². The number of thiophene rings is 1. The van der Waals surface area contributed by atoms with Gasteiger partial charge in [0.1, 0.15) is 0 Å². The van der Waals surface area contributed by atoms with Crippen LogP contribution >= 0.6 is 23.1 Å². The minimum absolute atomic E-state index is 0.199. The van der Waals surface area contributed by atoms with Crippen molar-refractivity contribution in [1.29, 1.82) is 0 Å². The van der Waals surface area contributed by atoms with Gasteiger partial charge in [0.2, 0.25) is 0 Å². The fourth-order valence-electron chi connectivity index (χ4n) is 1.55. The minimum Gasteiger partial charge on any atom is -0.349 e. The monoisotopic (exact) mass is 274 g/mol. The Bertz CT molecular complexity index is 317. The standard InChI is InChI=1S/C13H22O2S2/c1-5-10-9-11(13(17-10)16-8-4)12(14-6-2)15-7-3/h9,12H,5-8H2,1-4H3. The van der Waals surface area contributed by atoms with Gasteiger partial charge in [-0.05, 0) is 32.1 Å². The number of aryl methyl sites for hydroxylation is 1. The van der Waals surface area contributed by atoms with Crippen LogP contribution in [0.15, 0.2) is 10.3 Å². The van der Waals surface area contributed by atoms with Crippen LogP contribution in [0.1, 0.15) is 44.4 Å². The second kappa shape index (κ2) is 8.14. The molecule has 2 nitrogen and oxygen atoms in total. The molecule has 17 heavy (non-hydrogen) atoms. The highest BCUT2D eigenvalue weighted by molar-refractivity contribution is 8.01. The molecule has 1 aromatic heterocycles. The number of hydrogen-bond donors (Lipinski definition) is 0. The van der Waals surface area contributed by atoms with E-state index in [9.17, 15) is 0 Å². The van der Waals surface area contributed by atoms with Gasteiger partial charge in [-0.2, -0.15) is 0 Å². The summed E-state index contributed by atoms with van der Waals surface area (Å²) in [6.07, 6.45) is 0.878. The average molecular weight is 274 g/mol. The van der Waals surface area contributed by atoms with Crippen molar-refractivity contribution in [2.24, 2.45) is 0 Å². The second-order valence-electron chi connectivity index (χ2n) is 3.48. The molecule has 0 N–H and O–H groups in total. The largest absolute Gasteiger partial charge is 0.349 e. The zero-order valence-electron chi connectivity index (χ0n) is 11.1. The first kappa shape index (κ1) is 15.0. The summed E-state index contributed by atoms with van der Waals surface area (Å²) in [4.78, 5) is 1.40. The molecule has 4 heteroatoms. The van der Waals surface area contributed by atoms with Gasteiger partial charge in [0.05, 0.1) is 4.21 Å². The molecular weight excluding hydrogens is 252 g/mol. The molecule has 0 aliphatic heterocycles. The van der Waals surface area contributed by atoms with Crippen molar-refractivity contribution in [2.75, 3.05) is 19.0 Å². The van der Waals surface area contributed by atoms with Gasteiger partial charge in [0.25, 0.3) is 0 Å². The molecule has 0 amide bonds. The maximum Gasteiger partial charge on any atom is 0.185 e. The van der Waals surface area contributed by atoms with Gasteiger partial charge in [0.15, 0.2) is 6.29 Å². The van der Waals surface area contributed by atoms with Crippen molar-refractivity contribution in [2.45, 2.75) is 44.6 Å². The first-order valence-electron chi connectivity index (χ1n) is 6.25. The number of hydrogen-bond acceptors (Lipinski definition) is 4. The van der Waals surface area contributed by atoms with Crippen LogP contribution in [0.5, 0.6) is 0 Å². The number of ether oxygens (including phenoxy) is 2. The zero-order chi connectivity index (χ0) is 12.7. The third-order valence-electron chi connectivity index (χ3n) is 2.29. The molecule has 0 bridgehead atoms. The second-order valence-corrected chi connectivity index (χ2v) is 6.15. The van der Waals surface area contributed by atoms with Gasteiger partial charge in [-0.1, -0.05) is 13.8 Å². The highest BCUT2D eigenvalue weighted by Crippen LogP contribution is 2.37. The van der Waals surface area contributed by atoms with Crippen LogP contribution in [0.3, 0.4) is 0 Å². The van der Waals surface area contributed by atoms with E-state index in [2.05, 4.69) is 19.9 Å². The van der Waals surface area contributed by atoms with Crippen LogP contribution in [0.25, 0.3) is 0 Å². The fraction of sp³-hybridized carbons (Fsp3) is 0.692. The molecule has 1 heterocycles. The summed E-state index contributed by atoms with van der Waals surface area (Å²) in [5, 5.41) is 0. The van der Waals surface area contributed by atoms with E-state index in [0.29, 0.717) is 13.2 Å². The van der Waals surface area contributed by atoms with E-state index in [0.717, 1.165) is 12.2 Å². The van der Waals surface area contributed by atoms with Gasteiger partial charge in [-0.3, -0.25) is 0 Å². The predicted molar refractivity (Wildman–Crippen MR) is 76.1 cm³/mol. The lowest BCUT2D eigenvalue weighted by atomic mass is 10.2.